The van der Waals surface area contributed by atoms with Crippen LogP contribution in [-0.2, 0) is 11.3 Å². The Kier molecular flexibility index (Phi) is 9.16. The Labute approximate surface area is 198 Å². The number of halogens is 2. The normalized spacial score (nSPS) is 12.0. The van der Waals surface area contributed by atoms with E-state index in [1.54, 1.807) is 4.68 Å². The molecule has 0 unspecified atom stereocenters. The van der Waals surface area contributed by atoms with Crippen molar-refractivity contribution in [2.75, 3.05) is 26.3 Å². The van der Waals surface area contributed by atoms with Crippen LogP contribution in [0, 0.1) is 30.9 Å². The monoisotopic (exact) mass is 469 g/mol. The van der Waals surface area contributed by atoms with Crippen molar-refractivity contribution in [3.63, 3.8) is 0 Å². The summed E-state index contributed by atoms with van der Waals surface area (Å²) in [4.78, 5) is 2.05. The van der Waals surface area contributed by atoms with Crippen molar-refractivity contribution in [3.05, 3.63) is 71.4 Å². The number of benzene rings is 2. The van der Waals surface area contributed by atoms with E-state index in [0.717, 1.165) is 29.8 Å². The van der Waals surface area contributed by atoms with Gasteiger partial charge in [0.05, 0.1) is 29.7 Å². The molecule has 1 aromatic heterocycles. The molecule has 0 amide bonds. The van der Waals surface area contributed by atoms with E-state index >= 15 is 0 Å². The van der Waals surface area contributed by atoms with Crippen LogP contribution in [0.5, 0.6) is 11.6 Å². The first-order chi connectivity index (χ1) is 16.4. The van der Waals surface area contributed by atoms with Crippen LogP contribution in [0.2, 0.25) is 0 Å². The van der Waals surface area contributed by atoms with Crippen molar-refractivity contribution in [2.24, 2.45) is 0 Å². The lowest BCUT2D eigenvalue weighted by atomic mass is 10.2. The van der Waals surface area contributed by atoms with Crippen molar-refractivity contribution in [3.8, 4) is 29.7 Å². The molecule has 0 fully saturated rings. The van der Waals surface area contributed by atoms with Gasteiger partial charge in [-0.25, -0.2) is 13.5 Å². The van der Waals surface area contributed by atoms with Crippen LogP contribution in [0.4, 0.5) is 8.78 Å². The largest absolute Gasteiger partial charge is 0.435 e. The van der Waals surface area contributed by atoms with E-state index < -0.39 is 17.7 Å². The minimum atomic E-state index is -0.809. The molecule has 1 heterocycles. The van der Waals surface area contributed by atoms with Crippen LogP contribution < -0.4 is 4.74 Å². The van der Waals surface area contributed by atoms with Gasteiger partial charge in [-0.3, -0.25) is 4.90 Å². The van der Waals surface area contributed by atoms with Crippen LogP contribution in [0.3, 0.4) is 0 Å². The Morgan fingerprint density at radius 2 is 1.97 bits per heavy atom. The molecule has 0 radical (unpaired) electrons. The predicted octanol–water partition coefficient (Wildman–Crippen LogP) is 4.47. The van der Waals surface area contributed by atoms with Gasteiger partial charge in [0.25, 0.3) is 0 Å². The number of ether oxygens (including phenoxy) is 2. The quantitative estimate of drug-likeness (QED) is 0.313. The fraction of sp³-hybridized carbons (Fsp3) is 0.346. The highest BCUT2D eigenvalue weighted by atomic mass is 19.1. The molecule has 0 saturated heterocycles. The summed E-state index contributed by atoms with van der Waals surface area (Å²) in [6, 6.07) is 12.5. The lowest BCUT2D eigenvalue weighted by Gasteiger charge is -2.25. The van der Waals surface area contributed by atoms with E-state index in [1.807, 2.05) is 44.2 Å². The second kappa shape index (κ2) is 12.3. The molecule has 0 aliphatic heterocycles. The first-order valence-electron chi connectivity index (χ1n) is 11.1. The summed E-state index contributed by atoms with van der Waals surface area (Å²) in [5.41, 5.74) is 2.16. The number of aryl methyl sites for hydroxylation is 1. The van der Waals surface area contributed by atoms with E-state index in [1.165, 1.54) is 6.07 Å². The molecule has 6 nitrogen and oxygen atoms in total. The van der Waals surface area contributed by atoms with E-state index in [4.69, 9.17) is 15.9 Å². The lowest BCUT2D eigenvalue weighted by Crippen LogP contribution is -2.35. The molecule has 1 atom stereocenters. The van der Waals surface area contributed by atoms with Crippen LogP contribution in [0.25, 0.3) is 5.69 Å². The zero-order chi connectivity index (χ0) is 24.5. The topological polar surface area (TPSA) is 59.8 Å². The molecule has 180 valence electrons. The van der Waals surface area contributed by atoms with Crippen LogP contribution in [0.15, 0.2) is 48.5 Å². The smallest absolute Gasteiger partial charge is 0.227 e. The summed E-state index contributed by atoms with van der Waals surface area (Å²) in [6.45, 7) is 5.59. The number of hydrogen-bond donors (Lipinski definition) is 1. The summed E-state index contributed by atoms with van der Waals surface area (Å²) < 4.78 is 40.7. The van der Waals surface area contributed by atoms with Crippen molar-refractivity contribution < 1.29 is 23.4 Å². The van der Waals surface area contributed by atoms with E-state index in [2.05, 4.69) is 15.9 Å². The third kappa shape index (κ3) is 6.64. The fourth-order valence-corrected chi connectivity index (χ4v) is 3.61. The molecule has 0 spiro atoms. The molecule has 3 aromatic rings. The van der Waals surface area contributed by atoms with Gasteiger partial charge >= 0.3 is 0 Å². The Balaban J connectivity index is 1.94. The van der Waals surface area contributed by atoms with Crippen molar-refractivity contribution >= 4 is 0 Å². The number of para-hydroxylation sites is 1. The minimum Gasteiger partial charge on any atom is -0.435 e. The average molecular weight is 470 g/mol. The molecule has 0 bridgehead atoms. The molecule has 0 aliphatic carbocycles. The second-order valence-electron chi connectivity index (χ2n) is 7.90. The zero-order valence-corrected chi connectivity index (χ0v) is 19.4. The Bertz CT molecular complexity index is 1110. The standard InChI is InChI=1S/C26H29F2N3O3/c1-4-13-30(16-22(32)18-33-14-5-2)17-23-19(3)29-31(21-9-7-6-8-10-21)26(23)34-25-12-11-20(27)15-24(25)28/h2,6-12,15,22,32H,4,13-14,16-18H2,1,3H3/t22-/m1/s1. The lowest BCUT2D eigenvalue weighted by molar-refractivity contribution is 0.0259. The van der Waals surface area contributed by atoms with E-state index in [0.29, 0.717) is 31.2 Å². The van der Waals surface area contributed by atoms with Gasteiger partial charge in [-0.1, -0.05) is 31.0 Å². The van der Waals surface area contributed by atoms with Gasteiger partial charge in [-0.15, -0.1) is 6.42 Å². The van der Waals surface area contributed by atoms with Crippen molar-refractivity contribution in [2.45, 2.75) is 32.9 Å². The van der Waals surface area contributed by atoms with Crippen LogP contribution in [-0.4, -0.2) is 52.2 Å². The molecule has 8 heteroatoms. The summed E-state index contributed by atoms with van der Waals surface area (Å²) >= 11 is 0. The van der Waals surface area contributed by atoms with Crippen molar-refractivity contribution in [1.29, 1.82) is 0 Å². The highest BCUT2D eigenvalue weighted by Gasteiger charge is 2.23. The Hall–Kier alpha value is -3.25. The number of aliphatic hydroxyl groups excluding tert-OH is 1. The number of aromatic nitrogens is 2. The third-order valence-corrected chi connectivity index (χ3v) is 5.12. The molecule has 1 N–H and O–H groups in total. The summed E-state index contributed by atoms with van der Waals surface area (Å²) in [6.07, 6.45) is 5.31. The molecular formula is C26H29F2N3O3. The third-order valence-electron chi connectivity index (χ3n) is 5.12. The summed E-state index contributed by atoms with van der Waals surface area (Å²) in [7, 11) is 0. The zero-order valence-electron chi connectivity index (χ0n) is 19.4. The van der Waals surface area contributed by atoms with Gasteiger partial charge in [0.1, 0.15) is 12.4 Å². The number of aliphatic hydroxyl groups is 1. The van der Waals surface area contributed by atoms with E-state index in [-0.39, 0.29) is 19.0 Å². The van der Waals surface area contributed by atoms with Gasteiger partial charge in [-0.2, -0.15) is 5.10 Å². The Morgan fingerprint density at radius 3 is 2.65 bits per heavy atom. The number of nitrogens with zero attached hydrogens (tertiary/aromatic N) is 3. The fourth-order valence-electron chi connectivity index (χ4n) is 3.61. The number of rotatable bonds is 12. The second-order valence-corrected chi connectivity index (χ2v) is 7.90. The molecular weight excluding hydrogens is 440 g/mol. The van der Waals surface area contributed by atoms with Crippen LogP contribution in [0.1, 0.15) is 24.6 Å². The van der Waals surface area contributed by atoms with Crippen molar-refractivity contribution in [1.82, 2.24) is 14.7 Å². The summed E-state index contributed by atoms with van der Waals surface area (Å²) in [5, 5.41) is 15.0. The molecule has 0 saturated carbocycles. The highest BCUT2D eigenvalue weighted by molar-refractivity contribution is 5.43. The number of terminal acetylenes is 1. The predicted molar refractivity (Wildman–Crippen MR) is 126 cm³/mol. The maximum Gasteiger partial charge on any atom is 0.227 e. The SMILES string of the molecule is C#CCOC[C@H](O)CN(CCC)Cc1c(C)nn(-c2ccccc2)c1Oc1ccc(F)cc1F. The van der Waals surface area contributed by atoms with E-state index in [9.17, 15) is 13.9 Å². The average Bonchev–Trinajstić information content (AvgIpc) is 3.11. The summed E-state index contributed by atoms with van der Waals surface area (Å²) in [5.74, 6) is 1.10. The van der Waals surface area contributed by atoms with Gasteiger partial charge in [0, 0.05) is 19.2 Å². The van der Waals surface area contributed by atoms with Gasteiger partial charge in [-0.05, 0) is 44.2 Å². The molecule has 2 aromatic carbocycles. The molecule has 34 heavy (non-hydrogen) atoms. The van der Waals surface area contributed by atoms with Crippen LogP contribution >= 0.6 is 0 Å². The first kappa shape index (κ1) is 25.4. The first-order valence-corrected chi connectivity index (χ1v) is 11.1. The number of hydrogen-bond acceptors (Lipinski definition) is 5. The molecule has 3 rings (SSSR count). The van der Waals surface area contributed by atoms with Gasteiger partial charge in [0.15, 0.2) is 11.6 Å². The van der Waals surface area contributed by atoms with Gasteiger partial charge in [0.2, 0.25) is 5.88 Å². The maximum atomic E-state index is 14.4. The highest BCUT2D eigenvalue weighted by Crippen LogP contribution is 2.33. The molecule has 0 aliphatic rings. The minimum absolute atomic E-state index is 0.107. The maximum absolute atomic E-state index is 14.4. The van der Waals surface area contributed by atoms with Gasteiger partial charge < -0.3 is 14.6 Å². The Morgan fingerprint density at radius 1 is 1.21 bits per heavy atom.